The molecule has 1 atom stereocenters. The summed E-state index contributed by atoms with van der Waals surface area (Å²) in [7, 11) is -8.07. The second-order valence-electron chi connectivity index (χ2n) is 5.64. The number of carbonyl (C=O) groups is 1. The number of sulfonamides is 2. The Morgan fingerprint density at radius 2 is 1.84 bits per heavy atom. The summed E-state index contributed by atoms with van der Waals surface area (Å²) in [6.07, 6.45) is 0.507. The standard InChI is InChI=1S/C14H21FN2O6S2/c1-4-5-13(14(18)19)17-25(22,23)10-6-7-12(11(15)8-10)16-24(20,21)9(2)3/h6-9,13,16-17H,4-5H2,1-3H3,(H,18,19). The van der Waals surface area contributed by atoms with Gasteiger partial charge in [0.15, 0.2) is 0 Å². The molecule has 0 amide bonds. The van der Waals surface area contributed by atoms with Gasteiger partial charge in [-0.3, -0.25) is 9.52 Å². The van der Waals surface area contributed by atoms with Crippen LogP contribution in [0.4, 0.5) is 10.1 Å². The van der Waals surface area contributed by atoms with Gasteiger partial charge in [-0.25, -0.2) is 21.2 Å². The predicted octanol–water partition coefficient (Wildman–Crippen LogP) is 1.51. The van der Waals surface area contributed by atoms with Crippen molar-refractivity contribution in [3.8, 4) is 0 Å². The van der Waals surface area contributed by atoms with Gasteiger partial charge in [-0.05, 0) is 38.5 Å². The first-order valence-electron chi connectivity index (χ1n) is 7.47. The molecule has 1 rings (SSSR count). The van der Waals surface area contributed by atoms with Gasteiger partial charge in [0.25, 0.3) is 0 Å². The van der Waals surface area contributed by atoms with E-state index in [1.165, 1.54) is 13.8 Å². The molecule has 8 nitrogen and oxygen atoms in total. The molecular formula is C14H21FN2O6S2. The van der Waals surface area contributed by atoms with E-state index in [1.807, 2.05) is 9.44 Å². The normalized spacial score (nSPS) is 13.6. The van der Waals surface area contributed by atoms with Crippen LogP contribution in [-0.4, -0.2) is 39.2 Å². The number of hydrogen-bond acceptors (Lipinski definition) is 5. The third-order valence-electron chi connectivity index (χ3n) is 3.30. The summed E-state index contributed by atoms with van der Waals surface area (Å²) < 4.78 is 66.0. The van der Waals surface area contributed by atoms with Gasteiger partial charge in [0.1, 0.15) is 11.9 Å². The van der Waals surface area contributed by atoms with E-state index in [9.17, 15) is 26.0 Å². The van der Waals surface area contributed by atoms with E-state index >= 15 is 0 Å². The molecule has 1 aromatic carbocycles. The van der Waals surface area contributed by atoms with Crippen molar-refractivity contribution in [3.05, 3.63) is 24.0 Å². The Balaban J connectivity index is 3.11. The summed E-state index contributed by atoms with van der Waals surface area (Å²) in [5.41, 5.74) is -0.393. The topological polar surface area (TPSA) is 130 Å². The second kappa shape index (κ2) is 8.11. The van der Waals surface area contributed by atoms with Crippen molar-refractivity contribution in [2.45, 2.75) is 49.8 Å². The van der Waals surface area contributed by atoms with Gasteiger partial charge in [-0.1, -0.05) is 13.3 Å². The molecule has 0 bridgehead atoms. The number of nitrogens with one attached hydrogen (secondary N) is 2. The first-order valence-corrected chi connectivity index (χ1v) is 10.5. The molecule has 1 unspecified atom stereocenters. The number of hydrogen-bond donors (Lipinski definition) is 3. The van der Waals surface area contributed by atoms with E-state index in [1.54, 1.807) is 6.92 Å². The minimum atomic E-state index is -4.27. The molecule has 142 valence electrons. The molecule has 0 aliphatic heterocycles. The lowest BCUT2D eigenvalue weighted by Crippen LogP contribution is -2.40. The largest absolute Gasteiger partial charge is 0.480 e. The number of halogens is 1. The molecule has 0 aliphatic carbocycles. The van der Waals surface area contributed by atoms with Crippen LogP contribution >= 0.6 is 0 Å². The molecular weight excluding hydrogens is 375 g/mol. The zero-order chi connectivity index (χ0) is 19.4. The zero-order valence-corrected chi connectivity index (χ0v) is 15.6. The Morgan fingerprint density at radius 1 is 1.24 bits per heavy atom. The summed E-state index contributed by atoms with van der Waals surface area (Å²) in [4.78, 5) is 10.6. The molecule has 25 heavy (non-hydrogen) atoms. The smallest absolute Gasteiger partial charge is 0.321 e. The fourth-order valence-electron chi connectivity index (χ4n) is 1.79. The third kappa shape index (κ3) is 5.65. The van der Waals surface area contributed by atoms with Crippen LogP contribution < -0.4 is 9.44 Å². The third-order valence-corrected chi connectivity index (χ3v) is 6.51. The van der Waals surface area contributed by atoms with E-state index in [0.29, 0.717) is 12.5 Å². The highest BCUT2D eigenvalue weighted by Gasteiger charge is 2.26. The van der Waals surface area contributed by atoms with Crippen molar-refractivity contribution in [1.82, 2.24) is 4.72 Å². The molecule has 0 heterocycles. The first kappa shape index (κ1) is 21.3. The van der Waals surface area contributed by atoms with E-state index in [-0.39, 0.29) is 6.42 Å². The Morgan fingerprint density at radius 3 is 2.28 bits per heavy atom. The van der Waals surface area contributed by atoms with Gasteiger partial charge in [0, 0.05) is 0 Å². The number of carboxylic acids is 1. The lowest BCUT2D eigenvalue weighted by molar-refractivity contribution is -0.139. The number of aliphatic carboxylic acids is 1. The fraction of sp³-hybridized carbons (Fsp3) is 0.500. The zero-order valence-electron chi connectivity index (χ0n) is 14.0. The van der Waals surface area contributed by atoms with Gasteiger partial charge in [-0.15, -0.1) is 0 Å². The minimum Gasteiger partial charge on any atom is -0.480 e. The van der Waals surface area contributed by atoms with Gasteiger partial charge < -0.3 is 5.11 Å². The van der Waals surface area contributed by atoms with Crippen molar-refractivity contribution in [2.75, 3.05) is 4.72 Å². The van der Waals surface area contributed by atoms with Crippen LogP contribution in [0, 0.1) is 5.82 Å². The van der Waals surface area contributed by atoms with Gasteiger partial charge >= 0.3 is 5.97 Å². The summed E-state index contributed by atoms with van der Waals surface area (Å²) >= 11 is 0. The number of carboxylic acid groups (broad SMARTS) is 1. The average molecular weight is 396 g/mol. The van der Waals surface area contributed by atoms with Crippen LogP contribution in [0.5, 0.6) is 0 Å². The Bertz CT molecular complexity index is 837. The molecule has 0 radical (unpaired) electrons. The van der Waals surface area contributed by atoms with Crippen molar-refractivity contribution in [1.29, 1.82) is 0 Å². The van der Waals surface area contributed by atoms with Crippen molar-refractivity contribution in [2.24, 2.45) is 0 Å². The van der Waals surface area contributed by atoms with Crippen LogP contribution in [0.15, 0.2) is 23.1 Å². The highest BCUT2D eigenvalue weighted by atomic mass is 32.2. The quantitative estimate of drug-likeness (QED) is 0.580. The molecule has 0 aliphatic rings. The minimum absolute atomic E-state index is 0.0727. The summed E-state index contributed by atoms with van der Waals surface area (Å²) in [5, 5.41) is 8.21. The van der Waals surface area contributed by atoms with E-state index in [4.69, 9.17) is 5.11 Å². The lowest BCUT2D eigenvalue weighted by atomic mass is 10.2. The monoisotopic (exact) mass is 396 g/mol. The molecule has 0 saturated carbocycles. The molecule has 1 aromatic rings. The van der Waals surface area contributed by atoms with Gasteiger partial charge in [0.2, 0.25) is 20.0 Å². The van der Waals surface area contributed by atoms with Crippen LogP contribution in [0.25, 0.3) is 0 Å². The molecule has 11 heteroatoms. The average Bonchev–Trinajstić information content (AvgIpc) is 2.48. The molecule has 0 aromatic heterocycles. The molecule has 3 N–H and O–H groups in total. The summed E-state index contributed by atoms with van der Waals surface area (Å²) in [6, 6.07) is 1.26. The van der Waals surface area contributed by atoms with E-state index in [2.05, 4.69) is 0 Å². The first-order chi connectivity index (χ1) is 11.4. The van der Waals surface area contributed by atoms with Gasteiger partial charge in [0.05, 0.1) is 15.8 Å². The number of benzene rings is 1. The predicted molar refractivity (Wildman–Crippen MR) is 90.7 cm³/mol. The second-order valence-corrected chi connectivity index (χ2v) is 9.59. The van der Waals surface area contributed by atoms with Crippen molar-refractivity contribution in [3.63, 3.8) is 0 Å². The Kier molecular flexibility index (Phi) is 6.91. The highest BCUT2D eigenvalue weighted by Crippen LogP contribution is 2.21. The van der Waals surface area contributed by atoms with Crippen molar-refractivity contribution >= 4 is 31.7 Å². The highest BCUT2D eigenvalue weighted by molar-refractivity contribution is 7.93. The molecule has 0 saturated heterocycles. The Labute approximate surface area is 146 Å². The molecule has 0 fully saturated rings. The number of rotatable bonds is 9. The molecule has 0 spiro atoms. The maximum absolute atomic E-state index is 14.1. The SMILES string of the molecule is CCCC(NS(=O)(=O)c1ccc(NS(=O)(=O)C(C)C)c(F)c1)C(=O)O. The number of anilines is 1. The summed E-state index contributed by atoms with van der Waals surface area (Å²) in [5.74, 6) is -2.43. The van der Waals surface area contributed by atoms with Crippen LogP contribution in [0.1, 0.15) is 33.6 Å². The van der Waals surface area contributed by atoms with Crippen LogP contribution in [0.2, 0.25) is 0 Å². The fourth-order valence-corrected chi connectivity index (χ4v) is 3.74. The Hall–Kier alpha value is -1.72. The van der Waals surface area contributed by atoms with Crippen molar-refractivity contribution < 1.29 is 31.1 Å². The van der Waals surface area contributed by atoms with E-state index in [0.717, 1.165) is 12.1 Å². The maximum Gasteiger partial charge on any atom is 0.321 e. The van der Waals surface area contributed by atoms with E-state index < -0.39 is 53.7 Å². The summed E-state index contributed by atoms with van der Waals surface area (Å²) in [6.45, 7) is 4.51. The van der Waals surface area contributed by atoms with Crippen LogP contribution in [0.3, 0.4) is 0 Å². The lowest BCUT2D eigenvalue weighted by Gasteiger charge is -2.15. The van der Waals surface area contributed by atoms with Crippen LogP contribution in [-0.2, 0) is 24.8 Å². The maximum atomic E-state index is 14.1. The van der Waals surface area contributed by atoms with Gasteiger partial charge in [-0.2, -0.15) is 4.72 Å².